The van der Waals surface area contributed by atoms with E-state index in [1.807, 2.05) is 87.5 Å². The first kappa shape index (κ1) is 64.0. The maximum absolute atomic E-state index is 12.3. The number of carbonyl (C=O) groups is 3. The highest BCUT2D eigenvalue weighted by Crippen LogP contribution is 2.37. The third-order valence-electron chi connectivity index (χ3n) is 17.5. The van der Waals surface area contributed by atoms with Crippen LogP contribution in [0.2, 0.25) is 10.2 Å². The van der Waals surface area contributed by atoms with Crippen LogP contribution in [0.4, 0.5) is 52.4 Å². The molecule has 92 heavy (non-hydrogen) atoms. The van der Waals surface area contributed by atoms with Gasteiger partial charge in [-0.1, -0.05) is 42.9 Å². The van der Waals surface area contributed by atoms with Crippen LogP contribution in [0.1, 0.15) is 92.0 Å². The van der Waals surface area contributed by atoms with Gasteiger partial charge in [0.25, 0.3) is 0 Å². The fourth-order valence-electron chi connectivity index (χ4n) is 12.0. The van der Waals surface area contributed by atoms with Crippen molar-refractivity contribution in [1.82, 2.24) is 94.1 Å². The van der Waals surface area contributed by atoms with Crippen LogP contribution in [-0.2, 0) is 27.5 Å². The highest BCUT2D eigenvalue weighted by molar-refractivity contribution is 6.36. The lowest BCUT2D eigenvalue weighted by Crippen LogP contribution is -2.52. The standard InChI is InChI=1S/C21H25ClN8O.C21H28N8O.C20H26ClN9O/c1-3-17(31)29-10-13(5-4-12(29)2)25-20-18-16(22)9-23-19(18)27-21(28-20)26-14-8-24-30(11-14)15-6-7-15;1-5-18(30)29-13-16(8-7-14(29)3)27(4)20-17-9-10-22-19(17)25-21(26-20)24-15-11-23-28(6-2)12-15;1-5-15(31)30-11-14(8-7-12(30)3)28(4)19-16-17(21)26-27-18(16)24-20(25-19)23-13-9-22-29(6-2)10-13/h3,8-9,11-13,15H,1,4-7,10H2,2H3,(H3,23,25,26,27,28);5,9-12,14,16H,1,6-8,13H2,2-4H3,(H2,22,24,25,26);5,9-10,12,14H,1,6-8,11H2,2-4H3,(H2,23,24,25,26,27)/t12-,13+;14-,16+;12-,14+/m000/s1. The van der Waals surface area contributed by atoms with Crippen LogP contribution in [-0.4, -0.2) is 182 Å². The van der Waals surface area contributed by atoms with E-state index in [9.17, 15) is 14.4 Å². The van der Waals surface area contributed by atoms with Gasteiger partial charge in [-0.2, -0.15) is 50.3 Å². The van der Waals surface area contributed by atoms with Gasteiger partial charge in [-0.25, -0.2) is 0 Å². The van der Waals surface area contributed by atoms with E-state index in [1.54, 1.807) is 24.8 Å². The van der Waals surface area contributed by atoms with Crippen molar-refractivity contribution in [3.8, 4) is 0 Å². The van der Waals surface area contributed by atoms with Crippen molar-refractivity contribution in [3.63, 3.8) is 0 Å². The summed E-state index contributed by atoms with van der Waals surface area (Å²) in [6.45, 7) is 24.5. The molecule has 4 aliphatic rings. The average Bonchev–Trinajstić information content (AvgIpc) is 1.57. The Bertz CT molecular complexity index is 4120. The first-order valence-corrected chi connectivity index (χ1v) is 31.9. The molecule has 0 bridgehead atoms. The van der Waals surface area contributed by atoms with Crippen molar-refractivity contribution in [2.45, 2.75) is 141 Å². The molecule has 12 heterocycles. The molecule has 1 aliphatic carbocycles. The van der Waals surface area contributed by atoms with Crippen LogP contribution in [0.3, 0.4) is 0 Å². The third kappa shape index (κ3) is 14.1. The summed E-state index contributed by atoms with van der Waals surface area (Å²) in [6.07, 6.45) is 26.7. The van der Waals surface area contributed by atoms with Crippen molar-refractivity contribution in [2.24, 2.45) is 0 Å². The van der Waals surface area contributed by atoms with E-state index in [0.29, 0.717) is 82.0 Å². The van der Waals surface area contributed by atoms with Crippen molar-refractivity contribution in [2.75, 3.05) is 64.8 Å². The molecular formula is C62H79Cl2N25O3. The number of aromatic nitrogens is 16. The summed E-state index contributed by atoms with van der Waals surface area (Å²) < 4.78 is 5.63. The van der Waals surface area contributed by atoms with Gasteiger partial charge in [0, 0.05) is 114 Å². The Labute approximate surface area is 542 Å². The summed E-state index contributed by atoms with van der Waals surface area (Å²) in [7, 11) is 3.99. The molecule has 13 rings (SSSR count). The quantitative estimate of drug-likeness (QED) is 0.0393. The van der Waals surface area contributed by atoms with Gasteiger partial charge in [-0.15, -0.1) is 0 Å². The first-order valence-electron chi connectivity index (χ1n) is 31.1. The number of fused-ring (bicyclic) bond motifs is 3. The summed E-state index contributed by atoms with van der Waals surface area (Å²) in [5.41, 5.74) is 4.33. The topological polar surface area (TPSA) is 307 Å². The largest absolute Gasteiger partial charge is 0.365 e. The van der Waals surface area contributed by atoms with E-state index < -0.39 is 0 Å². The molecule has 0 spiro atoms. The number of rotatable bonds is 18. The van der Waals surface area contributed by atoms with E-state index in [2.05, 4.69) is 122 Å². The monoisotopic (exact) mass is 1290 g/mol. The highest BCUT2D eigenvalue weighted by atomic mass is 35.5. The minimum atomic E-state index is -0.0601. The number of hydrogen-bond acceptors (Lipinski definition) is 19. The van der Waals surface area contributed by atoms with Crippen LogP contribution in [0, 0.1) is 0 Å². The molecule has 0 aromatic carbocycles. The second-order valence-electron chi connectivity index (χ2n) is 23.7. The maximum Gasteiger partial charge on any atom is 0.246 e. The number of amides is 3. The second-order valence-corrected chi connectivity index (χ2v) is 24.5. The van der Waals surface area contributed by atoms with Gasteiger partial charge < -0.3 is 55.7 Å². The molecule has 6 atom stereocenters. The first-order chi connectivity index (χ1) is 44.4. The number of hydrogen-bond donors (Lipinski definition) is 7. The molecular weight excluding hydrogens is 1210 g/mol. The molecule has 3 amide bonds. The fourth-order valence-corrected chi connectivity index (χ4v) is 12.4. The van der Waals surface area contributed by atoms with E-state index in [4.69, 9.17) is 38.2 Å². The van der Waals surface area contributed by atoms with Crippen molar-refractivity contribution < 1.29 is 14.4 Å². The number of likely N-dealkylation sites (N-methyl/N-ethyl adjacent to an activating group) is 2. The number of nitrogens with one attached hydrogen (secondary N) is 7. The fraction of sp³-hybridized carbons (Fsp3) is 0.435. The van der Waals surface area contributed by atoms with Gasteiger partial charge in [0.15, 0.2) is 5.65 Å². The van der Waals surface area contributed by atoms with E-state index in [1.165, 1.54) is 31.1 Å². The Morgan fingerprint density at radius 3 is 1.72 bits per heavy atom. The second kappa shape index (κ2) is 27.9. The molecule has 9 aromatic heterocycles. The zero-order chi connectivity index (χ0) is 64.9. The minimum absolute atomic E-state index is 0.0228. The predicted molar refractivity (Wildman–Crippen MR) is 359 cm³/mol. The summed E-state index contributed by atoms with van der Waals surface area (Å²) in [6, 6.07) is 3.34. The van der Waals surface area contributed by atoms with Gasteiger partial charge in [-0.3, -0.25) is 33.5 Å². The van der Waals surface area contributed by atoms with E-state index >= 15 is 0 Å². The molecule has 0 unspecified atom stereocenters. The Kier molecular flexibility index (Phi) is 19.4. The summed E-state index contributed by atoms with van der Waals surface area (Å²) >= 11 is 12.8. The SMILES string of the molecule is C=CC(=O)N1C[C@H](N(C)c2nc(Nc3cnn(CC)c3)nc3[nH]ccc23)CC[C@@H]1C.C=CC(=O)N1C[C@H](N(C)c2nc(Nc3cnn(CC)c3)nc3n[nH]c(Cl)c23)CC[C@@H]1C.C=CC(=O)N1C[C@H](Nc2nc(Nc3cnn(C4CC4)c3)nc3[nH]cc(Cl)c23)CC[C@@H]1C. The highest BCUT2D eigenvalue weighted by Gasteiger charge is 2.35. The number of halogens is 2. The molecule has 4 fully saturated rings. The Balaban J connectivity index is 0.000000141. The number of aromatic amines is 3. The zero-order valence-electron chi connectivity index (χ0n) is 52.8. The molecule has 1 saturated carbocycles. The molecule has 484 valence electrons. The van der Waals surface area contributed by atoms with Crippen LogP contribution in [0.5, 0.6) is 0 Å². The summed E-state index contributed by atoms with van der Waals surface area (Å²) in [5, 5.41) is 36.4. The molecule has 7 N–H and O–H groups in total. The number of likely N-dealkylation sites (tertiary alicyclic amines) is 3. The maximum atomic E-state index is 12.3. The lowest BCUT2D eigenvalue weighted by Gasteiger charge is -2.41. The van der Waals surface area contributed by atoms with Crippen molar-refractivity contribution >= 4 is 126 Å². The Morgan fingerprint density at radius 2 is 1.14 bits per heavy atom. The van der Waals surface area contributed by atoms with Gasteiger partial charge in [0.05, 0.1) is 57.5 Å². The number of nitrogens with zero attached hydrogens (tertiary/aromatic N) is 18. The molecule has 28 nitrogen and oxygen atoms in total. The Hall–Kier alpha value is -9.57. The number of anilines is 9. The van der Waals surface area contributed by atoms with Crippen LogP contribution in [0.15, 0.2) is 93.6 Å². The van der Waals surface area contributed by atoms with Crippen LogP contribution < -0.4 is 31.1 Å². The third-order valence-corrected chi connectivity index (χ3v) is 18.1. The number of carbonyl (C=O) groups excluding carboxylic acids is 3. The van der Waals surface area contributed by atoms with E-state index in [0.717, 1.165) is 90.9 Å². The lowest BCUT2D eigenvalue weighted by atomic mass is 9.98. The Morgan fingerprint density at radius 1 is 0.620 bits per heavy atom. The van der Waals surface area contributed by atoms with Gasteiger partial charge in [-0.05, 0) is 110 Å². The summed E-state index contributed by atoms with van der Waals surface area (Å²) in [5.74, 6) is 3.34. The molecule has 3 aliphatic heterocycles. The number of aryl methyl sites for hydroxylation is 2. The van der Waals surface area contributed by atoms with Gasteiger partial charge in [0.1, 0.15) is 39.3 Å². The lowest BCUT2D eigenvalue weighted by molar-refractivity contribution is -0.130. The normalized spacial score (nSPS) is 19.8. The van der Waals surface area contributed by atoms with E-state index in [-0.39, 0.29) is 54.0 Å². The minimum Gasteiger partial charge on any atom is -0.365 e. The average molecular weight is 1290 g/mol. The van der Waals surface area contributed by atoms with Crippen LogP contribution >= 0.6 is 23.2 Å². The number of piperidine rings is 3. The van der Waals surface area contributed by atoms with Crippen molar-refractivity contribution in [3.05, 3.63) is 104 Å². The molecule has 30 heteroatoms. The predicted octanol–water partition coefficient (Wildman–Crippen LogP) is 9.75. The van der Waals surface area contributed by atoms with Gasteiger partial charge >= 0.3 is 0 Å². The van der Waals surface area contributed by atoms with Crippen molar-refractivity contribution in [1.29, 1.82) is 0 Å². The molecule has 9 aromatic rings. The van der Waals surface area contributed by atoms with Crippen LogP contribution in [0.25, 0.3) is 33.1 Å². The number of H-pyrrole nitrogens is 3. The molecule has 0 radical (unpaired) electrons. The molecule has 3 saturated heterocycles. The summed E-state index contributed by atoms with van der Waals surface area (Å²) in [4.78, 5) is 80.8. The zero-order valence-corrected chi connectivity index (χ0v) is 54.3. The van der Waals surface area contributed by atoms with Gasteiger partial charge in [0.2, 0.25) is 35.6 Å². The smallest absolute Gasteiger partial charge is 0.246 e.